The Labute approximate surface area is 287 Å². The highest BCUT2D eigenvalue weighted by Crippen LogP contribution is 2.75. The van der Waals surface area contributed by atoms with Gasteiger partial charge in [0.25, 0.3) is 0 Å². The van der Waals surface area contributed by atoms with Gasteiger partial charge in [0.2, 0.25) is 5.91 Å². The van der Waals surface area contributed by atoms with Crippen LogP contribution in [0.5, 0.6) is 5.75 Å². The van der Waals surface area contributed by atoms with E-state index in [-0.39, 0.29) is 51.5 Å². The van der Waals surface area contributed by atoms with Crippen molar-refractivity contribution in [2.45, 2.75) is 125 Å². The van der Waals surface area contributed by atoms with Gasteiger partial charge in [0.05, 0.1) is 31.3 Å². The highest BCUT2D eigenvalue weighted by atomic mass is 16.5. The molecule has 7 heteroatoms. The monoisotopic (exact) mass is 658 g/mol. The van der Waals surface area contributed by atoms with Crippen molar-refractivity contribution in [2.75, 3.05) is 7.11 Å². The number of aliphatic hydroxyl groups excluding tert-OH is 2. The zero-order valence-electron chi connectivity index (χ0n) is 30.5. The second kappa shape index (κ2) is 11.2. The fraction of sp³-hybridized carbons (Fsp3) is 0.707. The second-order valence-corrected chi connectivity index (χ2v) is 18.4. The molecule has 0 aliphatic heterocycles. The van der Waals surface area contributed by atoms with E-state index in [2.05, 4.69) is 65.0 Å². The molecule has 4 fully saturated rings. The molecule has 0 radical (unpaired) electrons. The summed E-state index contributed by atoms with van der Waals surface area (Å²) < 4.78 is 10.9. The van der Waals surface area contributed by atoms with Crippen molar-refractivity contribution in [3.05, 3.63) is 47.7 Å². The zero-order valence-corrected chi connectivity index (χ0v) is 30.5. The molecular weight excluding hydrogens is 600 g/mol. The van der Waals surface area contributed by atoms with Crippen LogP contribution in [0, 0.1) is 50.2 Å². The highest BCUT2D eigenvalue weighted by molar-refractivity contribution is 5.85. The number of nitrogens with one attached hydrogen (secondary N) is 1. The Hall–Kier alpha value is -2.64. The molecule has 5 aliphatic carbocycles. The third-order valence-electron chi connectivity index (χ3n) is 15.5. The summed E-state index contributed by atoms with van der Waals surface area (Å²) >= 11 is 0. The summed E-state index contributed by atoms with van der Waals surface area (Å²) in [5, 5.41) is 31.0. The van der Waals surface area contributed by atoms with Crippen molar-refractivity contribution in [1.82, 2.24) is 10.5 Å². The summed E-state index contributed by atoms with van der Waals surface area (Å²) in [5.41, 5.74) is 2.08. The molecule has 0 saturated heterocycles. The second-order valence-electron chi connectivity index (χ2n) is 18.4. The molecule has 0 bridgehead atoms. The van der Waals surface area contributed by atoms with Gasteiger partial charge >= 0.3 is 0 Å². The first-order chi connectivity index (χ1) is 22.5. The lowest BCUT2D eigenvalue weighted by atomic mass is 9.33. The normalized spacial score (nSPS) is 41.1. The summed E-state index contributed by atoms with van der Waals surface area (Å²) in [6.07, 6.45) is 9.72. The number of nitrogens with zero attached hydrogens (tertiary/aromatic N) is 1. The van der Waals surface area contributed by atoms with E-state index in [1.165, 1.54) is 5.57 Å². The van der Waals surface area contributed by atoms with E-state index < -0.39 is 11.5 Å². The van der Waals surface area contributed by atoms with Crippen LogP contribution in [0.4, 0.5) is 0 Å². The molecule has 7 rings (SSSR count). The van der Waals surface area contributed by atoms with Crippen LogP contribution in [0.1, 0.15) is 112 Å². The summed E-state index contributed by atoms with van der Waals surface area (Å²) in [4.78, 5) is 14.6. The van der Waals surface area contributed by atoms with Crippen LogP contribution >= 0.6 is 0 Å². The van der Waals surface area contributed by atoms with Crippen LogP contribution in [0.3, 0.4) is 0 Å². The molecule has 262 valence electrons. The Balaban J connectivity index is 1.19. The van der Waals surface area contributed by atoms with Crippen molar-refractivity contribution in [3.63, 3.8) is 0 Å². The number of aliphatic hydroxyl groups is 2. The van der Waals surface area contributed by atoms with E-state index in [0.717, 1.165) is 56.3 Å². The number of hydrogen-bond donors (Lipinski definition) is 3. The summed E-state index contributed by atoms with van der Waals surface area (Å²) in [5.74, 6) is 2.23. The number of carbonyl (C=O) groups excluding carboxylic acids is 1. The van der Waals surface area contributed by atoms with Gasteiger partial charge in [-0.15, -0.1) is 0 Å². The number of amides is 1. The lowest BCUT2D eigenvalue weighted by molar-refractivity contribution is -0.215. The highest BCUT2D eigenvalue weighted by Gasteiger charge is 2.71. The Morgan fingerprint density at radius 2 is 1.67 bits per heavy atom. The predicted octanol–water partition coefficient (Wildman–Crippen LogP) is 8.10. The van der Waals surface area contributed by atoms with Gasteiger partial charge in [0.1, 0.15) is 11.4 Å². The van der Waals surface area contributed by atoms with Crippen LogP contribution in [0.2, 0.25) is 0 Å². The molecule has 4 saturated carbocycles. The molecule has 1 heterocycles. The summed E-state index contributed by atoms with van der Waals surface area (Å²) in [7, 11) is 1.64. The average molecular weight is 659 g/mol. The fourth-order valence-corrected chi connectivity index (χ4v) is 12.4. The number of fused-ring (bicyclic) bond motifs is 7. The first-order valence-corrected chi connectivity index (χ1v) is 18.5. The van der Waals surface area contributed by atoms with E-state index >= 15 is 0 Å². The molecule has 2 aromatic rings. The van der Waals surface area contributed by atoms with Gasteiger partial charge < -0.3 is 24.8 Å². The first kappa shape index (κ1) is 33.8. The van der Waals surface area contributed by atoms with Gasteiger partial charge in [-0.3, -0.25) is 4.79 Å². The van der Waals surface area contributed by atoms with Gasteiger partial charge in [-0.1, -0.05) is 65.3 Å². The quantitative estimate of drug-likeness (QED) is 0.281. The van der Waals surface area contributed by atoms with Gasteiger partial charge in [-0.25, -0.2) is 0 Å². The summed E-state index contributed by atoms with van der Waals surface area (Å²) in [6, 6.07) is 9.54. The molecular formula is C41H58N2O5. The zero-order chi connectivity index (χ0) is 34.5. The molecule has 9 atom stereocenters. The third kappa shape index (κ3) is 4.72. The molecule has 1 amide bonds. The Morgan fingerprint density at radius 1 is 0.938 bits per heavy atom. The number of rotatable bonds is 5. The number of carbonyl (C=O) groups is 1. The van der Waals surface area contributed by atoms with E-state index in [1.54, 1.807) is 7.11 Å². The maximum atomic E-state index is 14.6. The van der Waals surface area contributed by atoms with Crippen molar-refractivity contribution < 1.29 is 24.3 Å². The number of allylic oxidation sites excluding steroid dienone is 2. The number of aromatic nitrogens is 1. The number of methoxy groups -OCH3 is 1. The fourth-order valence-electron chi connectivity index (χ4n) is 12.4. The minimum absolute atomic E-state index is 0.00358. The predicted molar refractivity (Wildman–Crippen MR) is 187 cm³/mol. The van der Waals surface area contributed by atoms with Crippen LogP contribution < -0.4 is 10.1 Å². The molecule has 48 heavy (non-hydrogen) atoms. The van der Waals surface area contributed by atoms with Crippen LogP contribution in [0.25, 0.3) is 11.3 Å². The summed E-state index contributed by atoms with van der Waals surface area (Å²) in [6.45, 7) is 16.9. The molecule has 0 unspecified atom stereocenters. The Morgan fingerprint density at radius 3 is 2.38 bits per heavy atom. The van der Waals surface area contributed by atoms with E-state index in [9.17, 15) is 15.0 Å². The van der Waals surface area contributed by atoms with Crippen LogP contribution in [0.15, 0.2) is 46.5 Å². The van der Waals surface area contributed by atoms with Crippen molar-refractivity contribution in [3.8, 4) is 17.0 Å². The van der Waals surface area contributed by atoms with Crippen LogP contribution in [-0.2, 0) is 11.3 Å². The lowest BCUT2D eigenvalue weighted by Crippen LogP contribution is -2.68. The number of hydrogen-bond acceptors (Lipinski definition) is 6. The average Bonchev–Trinajstić information content (AvgIpc) is 3.51. The Kier molecular flexibility index (Phi) is 7.88. The minimum atomic E-state index is -0.874. The molecule has 3 N–H and O–H groups in total. The van der Waals surface area contributed by atoms with Gasteiger partial charge in [0, 0.05) is 11.6 Å². The number of benzene rings is 1. The third-order valence-corrected chi connectivity index (χ3v) is 15.5. The van der Waals surface area contributed by atoms with E-state index in [0.29, 0.717) is 36.1 Å². The molecule has 5 aliphatic rings. The van der Waals surface area contributed by atoms with Crippen molar-refractivity contribution >= 4 is 5.91 Å². The molecule has 1 aromatic heterocycles. The van der Waals surface area contributed by atoms with Crippen LogP contribution in [-0.4, -0.2) is 40.6 Å². The van der Waals surface area contributed by atoms with Gasteiger partial charge in [0.15, 0.2) is 5.76 Å². The minimum Gasteiger partial charge on any atom is -0.497 e. The SMILES string of the molecule is COc1ccc(-c2cc(CNC(=O)[C@]34CCC(C)(C)C[C@H]3C3=CC[C@@H]5[C@@]6(C)CC[C@H](O)C(C)(C)[C@@H]6CC[C@@]5(C)[C@]3(C)C[C@H]4O)on2)cc1. The van der Waals surface area contributed by atoms with E-state index in [4.69, 9.17) is 9.26 Å². The van der Waals surface area contributed by atoms with Crippen molar-refractivity contribution in [2.24, 2.45) is 50.2 Å². The lowest BCUT2D eigenvalue weighted by Gasteiger charge is -2.71. The standard InChI is InChI=1S/C41H58N2O5/c1-36(2)19-20-41(35(46)42-24-27-21-30(43-48-27)25-9-11-26(47-8)12-10-25)29(22-36)28-13-14-32-38(5)17-16-33(44)37(3,4)31(38)15-18-39(32,6)40(28,7)23-34(41)45/h9-13,21,29,31-34,44-45H,14-20,22-24H2,1-8H3,(H,42,46)/t29-,31-,32+,33-,34+,38-,39+,40+,41+/m0/s1. The van der Waals surface area contributed by atoms with Gasteiger partial charge in [-0.2, -0.15) is 0 Å². The van der Waals surface area contributed by atoms with Crippen molar-refractivity contribution in [1.29, 1.82) is 0 Å². The smallest absolute Gasteiger partial charge is 0.229 e. The first-order valence-electron chi connectivity index (χ1n) is 18.5. The Bertz CT molecular complexity index is 1590. The molecule has 1 aromatic carbocycles. The molecule has 7 nitrogen and oxygen atoms in total. The largest absolute Gasteiger partial charge is 0.497 e. The maximum absolute atomic E-state index is 14.6. The maximum Gasteiger partial charge on any atom is 0.229 e. The topological polar surface area (TPSA) is 105 Å². The number of ether oxygens (including phenoxy) is 1. The van der Waals surface area contributed by atoms with Gasteiger partial charge in [-0.05, 0) is 127 Å². The molecule has 0 spiro atoms. The van der Waals surface area contributed by atoms with E-state index in [1.807, 2.05) is 30.3 Å².